The molecule has 0 saturated heterocycles. The number of carbonyl (C=O) groups excluding carboxylic acids is 1. The zero-order chi connectivity index (χ0) is 18.0. The molecule has 1 aromatic carbocycles. The molecule has 2 bridgehead atoms. The Labute approximate surface area is 160 Å². The molecule has 0 atom stereocenters. The molecule has 4 aliphatic carbocycles. The van der Waals surface area contributed by atoms with Crippen molar-refractivity contribution < 1.29 is 4.79 Å². The maximum Gasteiger partial charge on any atom is 0.132 e. The molecule has 4 fully saturated rings. The number of hydrogen-bond donors (Lipinski definition) is 0. The Hall–Kier alpha value is -1.11. The van der Waals surface area contributed by atoms with Crippen molar-refractivity contribution in [1.82, 2.24) is 0 Å². The summed E-state index contributed by atoms with van der Waals surface area (Å²) in [5.41, 5.74) is 4.26. The molecular formula is C25H36O. The minimum atomic E-state index is 0.462. The highest BCUT2D eigenvalue weighted by atomic mass is 16.1. The first-order valence-electron chi connectivity index (χ1n) is 11.3. The highest BCUT2D eigenvalue weighted by Gasteiger charge is 2.48. The van der Waals surface area contributed by atoms with Gasteiger partial charge in [0.15, 0.2) is 0 Å². The van der Waals surface area contributed by atoms with Crippen LogP contribution in [0.5, 0.6) is 0 Å². The first kappa shape index (κ1) is 18.3. The van der Waals surface area contributed by atoms with Crippen LogP contribution in [0.1, 0.15) is 114 Å². The normalized spacial score (nSPS) is 32.1. The zero-order valence-corrected chi connectivity index (χ0v) is 16.7. The smallest absolute Gasteiger partial charge is 0.132 e. The average Bonchev–Trinajstić information content (AvgIpc) is 2.70. The van der Waals surface area contributed by atoms with E-state index in [0.29, 0.717) is 22.5 Å². The van der Waals surface area contributed by atoms with Crippen molar-refractivity contribution in [3.8, 4) is 0 Å². The molecule has 4 saturated carbocycles. The van der Waals surface area contributed by atoms with E-state index in [2.05, 4.69) is 31.2 Å². The average molecular weight is 353 g/mol. The van der Waals surface area contributed by atoms with Crippen molar-refractivity contribution >= 4 is 5.78 Å². The minimum absolute atomic E-state index is 0.462. The van der Waals surface area contributed by atoms with Crippen molar-refractivity contribution in [2.75, 3.05) is 0 Å². The van der Waals surface area contributed by atoms with E-state index < -0.39 is 0 Å². The standard InChI is InChI=1S/C25H36O/c1-2-3-4-13-24-14-17-25(18-15-24,19-16-24)22-9-5-20(6-10-22)21-7-11-23(26)12-8-21/h5-6,9-10,21H,2-4,7-8,11-19H2,1H3. The third-order valence-electron chi connectivity index (χ3n) is 8.25. The largest absolute Gasteiger partial charge is 0.300 e. The van der Waals surface area contributed by atoms with Crippen LogP contribution < -0.4 is 0 Å². The van der Waals surface area contributed by atoms with Gasteiger partial charge in [0.25, 0.3) is 0 Å². The van der Waals surface area contributed by atoms with Gasteiger partial charge in [-0.3, -0.25) is 4.79 Å². The molecule has 0 unspecified atom stereocenters. The highest BCUT2D eigenvalue weighted by Crippen LogP contribution is 2.59. The van der Waals surface area contributed by atoms with Gasteiger partial charge >= 0.3 is 0 Å². The topological polar surface area (TPSA) is 17.1 Å². The van der Waals surface area contributed by atoms with Crippen LogP contribution in [0, 0.1) is 5.41 Å². The molecule has 4 aliphatic rings. The number of rotatable bonds is 6. The lowest BCUT2D eigenvalue weighted by molar-refractivity contribution is -0.120. The van der Waals surface area contributed by atoms with Crippen LogP contribution >= 0.6 is 0 Å². The van der Waals surface area contributed by atoms with Gasteiger partial charge in [0.05, 0.1) is 0 Å². The van der Waals surface area contributed by atoms with E-state index in [9.17, 15) is 4.79 Å². The number of carbonyl (C=O) groups is 1. The van der Waals surface area contributed by atoms with Crippen molar-refractivity contribution in [1.29, 1.82) is 0 Å². The van der Waals surface area contributed by atoms with Crippen molar-refractivity contribution in [2.24, 2.45) is 5.41 Å². The second kappa shape index (κ2) is 7.49. The van der Waals surface area contributed by atoms with Gasteiger partial charge in [0.1, 0.15) is 5.78 Å². The van der Waals surface area contributed by atoms with E-state index in [1.807, 2.05) is 0 Å². The van der Waals surface area contributed by atoms with E-state index in [0.717, 1.165) is 25.7 Å². The van der Waals surface area contributed by atoms with Gasteiger partial charge < -0.3 is 0 Å². The number of fused-ring (bicyclic) bond motifs is 3. The molecule has 0 amide bonds. The van der Waals surface area contributed by atoms with Crippen molar-refractivity contribution in [3.05, 3.63) is 35.4 Å². The van der Waals surface area contributed by atoms with Gasteiger partial charge in [-0.05, 0) is 85.7 Å². The maximum atomic E-state index is 11.5. The van der Waals surface area contributed by atoms with Crippen LogP contribution in [-0.4, -0.2) is 5.78 Å². The van der Waals surface area contributed by atoms with E-state index in [1.54, 1.807) is 5.56 Å². The molecule has 0 radical (unpaired) electrons. The van der Waals surface area contributed by atoms with Crippen LogP contribution in [-0.2, 0) is 10.2 Å². The summed E-state index contributed by atoms with van der Waals surface area (Å²) in [7, 11) is 0. The van der Waals surface area contributed by atoms with Gasteiger partial charge in [-0.25, -0.2) is 0 Å². The molecule has 0 aromatic heterocycles. The van der Waals surface area contributed by atoms with E-state index in [-0.39, 0.29) is 0 Å². The summed E-state index contributed by atoms with van der Waals surface area (Å²) < 4.78 is 0. The van der Waals surface area contributed by atoms with Crippen LogP contribution in [0.2, 0.25) is 0 Å². The predicted molar refractivity (Wildman–Crippen MR) is 109 cm³/mol. The monoisotopic (exact) mass is 352 g/mol. The fourth-order valence-electron chi connectivity index (χ4n) is 6.20. The molecule has 1 nitrogen and oxygen atoms in total. The molecule has 26 heavy (non-hydrogen) atoms. The third-order valence-corrected chi connectivity index (χ3v) is 8.25. The summed E-state index contributed by atoms with van der Waals surface area (Å²) in [4.78, 5) is 11.5. The summed E-state index contributed by atoms with van der Waals surface area (Å²) in [5, 5.41) is 0. The van der Waals surface area contributed by atoms with Crippen molar-refractivity contribution in [3.63, 3.8) is 0 Å². The van der Waals surface area contributed by atoms with Gasteiger partial charge in [0.2, 0.25) is 0 Å². The maximum absolute atomic E-state index is 11.5. The Morgan fingerprint density at radius 3 is 2.08 bits per heavy atom. The SMILES string of the molecule is CCCCCC12CCC(c3ccc(C4CCC(=O)CC4)cc3)(CC1)CC2. The summed E-state index contributed by atoms with van der Waals surface area (Å²) in [6.45, 7) is 2.32. The molecule has 0 N–H and O–H groups in total. The van der Waals surface area contributed by atoms with Crippen LogP contribution in [0.4, 0.5) is 0 Å². The fraction of sp³-hybridized carbons (Fsp3) is 0.720. The van der Waals surface area contributed by atoms with Crippen molar-refractivity contribution in [2.45, 2.75) is 108 Å². The lowest BCUT2D eigenvalue weighted by atomic mass is 9.51. The Morgan fingerprint density at radius 1 is 0.885 bits per heavy atom. The number of unbranched alkanes of at least 4 members (excludes halogenated alkanes) is 2. The second-order valence-electron chi connectivity index (χ2n) is 9.67. The minimum Gasteiger partial charge on any atom is -0.300 e. The predicted octanol–water partition coefficient (Wildman–Crippen LogP) is 7.09. The van der Waals surface area contributed by atoms with Crippen LogP contribution in [0.3, 0.4) is 0 Å². The molecule has 0 aliphatic heterocycles. The van der Waals surface area contributed by atoms with Gasteiger partial charge in [-0.15, -0.1) is 0 Å². The number of ketones is 1. The third kappa shape index (κ3) is 3.51. The lowest BCUT2D eigenvalue weighted by Crippen LogP contribution is -2.44. The Morgan fingerprint density at radius 2 is 1.50 bits per heavy atom. The first-order chi connectivity index (χ1) is 12.6. The van der Waals surface area contributed by atoms with Gasteiger partial charge in [-0.1, -0.05) is 50.5 Å². The summed E-state index contributed by atoms with van der Waals surface area (Å²) in [6, 6.07) is 9.67. The zero-order valence-electron chi connectivity index (χ0n) is 16.7. The second-order valence-corrected chi connectivity index (χ2v) is 9.67. The first-order valence-corrected chi connectivity index (χ1v) is 11.3. The lowest BCUT2D eigenvalue weighted by Gasteiger charge is -2.54. The number of Topliss-reactive ketones (excluding diaryl/α,β-unsaturated/α-hetero) is 1. The van der Waals surface area contributed by atoms with Gasteiger partial charge in [-0.2, -0.15) is 0 Å². The number of benzene rings is 1. The van der Waals surface area contributed by atoms with E-state index >= 15 is 0 Å². The fourth-order valence-corrected chi connectivity index (χ4v) is 6.20. The Balaban J connectivity index is 1.40. The van der Waals surface area contributed by atoms with Crippen LogP contribution in [0.15, 0.2) is 24.3 Å². The molecular weight excluding hydrogens is 316 g/mol. The molecule has 0 spiro atoms. The summed E-state index contributed by atoms with van der Waals surface area (Å²) >= 11 is 0. The summed E-state index contributed by atoms with van der Waals surface area (Å²) in [5.74, 6) is 1.08. The van der Waals surface area contributed by atoms with Gasteiger partial charge in [0, 0.05) is 12.8 Å². The Bertz CT molecular complexity index is 592. The Kier molecular flexibility index (Phi) is 5.26. The quantitative estimate of drug-likeness (QED) is 0.500. The molecule has 1 heteroatoms. The molecule has 142 valence electrons. The highest BCUT2D eigenvalue weighted by molar-refractivity contribution is 5.79. The molecule has 5 rings (SSSR count). The molecule has 1 aromatic rings. The number of hydrogen-bond acceptors (Lipinski definition) is 1. The summed E-state index contributed by atoms with van der Waals surface area (Å²) in [6.07, 6.45) is 18.0. The van der Waals surface area contributed by atoms with E-state index in [1.165, 1.54) is 69.8 Å². The van der Waals surface area contributed by atoms with Crippen LogP contribution in [0.25, 0.3) is 0 Å². The van der Waals surface area contributed by atoms with E-state index in [4.69, 9.17) is 0 Å². The molecule has 0 heterocycles.